The molecule has 6 nitrogen and oxygen atoms in total. The van der Waals surface area contributed by atoms with Crippen LogP contribution >= 0.6 is 0 Å². The molecule has 1 aromatic carbocycles. The summed E-state index contributed by atoms with van der Waals surface area (Å²) in [4.78, 5) is 11.0. The van der Waals surface area contributed by atoms with E-state index in [1.165, 1.54) is 14.2 Å². The van der Waals surface area contributed by atoms with Crippen LogP contribution in [0.4, 0.5) is 0 Å². The Balaban J connectivity index is 2.70. The summed E-state index contributed by atoms with van der Waals surface area (Å²) in [6.07, 6.45) is 1.79. The number of aliphatic hydroxyl groups is 1. The lowest BCUT2D eigenvalue weighted by atomic mass is 10.0. The molecule has 0 aliphatic carbocycles. The van der Waals surface area contributed by atoms with Gasteiger partial charge in [0, 0.05) is 0 Å². The number of hydrogen-bond acceptors (Lipinski definition) is 5. The van der Waals surface area contributed by atoms with Crippen molar-refractivity contribution >= 4 is 5.97 Å². The van der Waals surface area contributed by atoms with Crippen LogP contribution in [-0.4, -0.2) is 37.0 Å². The lowest BCUT2D eigenvalue weighted by Gasteiger charge is -2.16. The summed E-state index contributed by atoms with van der Waals surface area (Å²) in [5.41, 5.74) is 0.665. The van der Waals surface area contributed by atoms with E-state index in [9.17, 15) is 9.90 Å². The molecular formula is C16H24O6. The summed E-state index contributed by atoms with van der Waals surface area (Å²) < 4.78 is 16.2. The number of carboxylic acid groups (broad SMARTS) is 1. The van der Waals surface area contributed by atoms with Gasteiger partial charge in [0.2, 0.25) is 5.75 Å². The maximum absolute atomic E-state index is 11.0. The van der Waals surface area contributed by atoms with Gasteiger partial charge in [-0.2, -0.15) is 0 Å². The highest BCUT2D eigenvalue weighted by Gasteiger charge is 2.16. The number of carbonyl (C=O) groups is 1. The summed E-state index contributed by atoms with van der Waals surface area (Å²) in [7, 11) is 3.03. The van der Waals surface area contributed by atoms with Crippen molar-refractivity contribution in [3.05, 3.63) is 17.7 Å². The van der Waals surface area contributed by atoms with Crippen molar-refractivity contribution in [1.82, 2.24) is 0 Å². The number of aliphatic hydroxyl groups excluding tert-OH is 1. The second-order valence-electron chi connectivity index (χ2n) is 4.92. The van der Waals surface area contributed by atoms with E-state index in [0.717, 1.165) is 0 Å². The first kappa shape index (κ1) is 18.1. The predicted octanol–water partition coefficient (Wildman–Crippen LogP) is 2.47. The Bertz CT molecular complexity index is 461. The Morgan fingerprint density at radius 1 is 1.23 bits per heavy atom. The van der Waals surface area contributed by atoms with Gasteiger partial charge >= 0.3 is 5.97 Å². The zero-order valence-electron chi connectivity index (χ0n) is 13.3. The molecule has 0 aliphatic rings. The van der Waals surface area contributed by atoms with Crippen LogP contribution in [0.3, 0.4) is 0 Å². The zero-order valence-corrected chi connectivity index (χ0v) is 13.3. The number of ether oxygens (including phenoxy) is 3. The van der Waals surface area contributed by atoms with Crippen LogP contribution in [0, 0.1) is 5.92 Å². The minimum atomic E-state index is -0.773. The zero-order chi connectivity index (χ0) is 16.5. The molecule has 124 valence electrons. The average Bonchev–Trinajstić information content (AvgIpc) is 2.53. The largest absolute Gasteiger partial charge is 0.493 e. The predicted molar refractivity (Wildman–Crippen MR) is 81.6 cm³/mol. The smallest absolute Gasteiger partial charge is 0.306 e. The van der Waals surface area contributed by atoms with E-state index in [4.69, 9.17) is 19.3 Å². The van der Waals surface area contributed by atoms with Crippen LogP contribution in [0.2, 0.25) is 0 Å². The Labute approximate surface area is 130 Å². The first-order valence-electron chi connectivity index (χ1n) is 7.28. The van der Waals surface area contributed by atoms with Gasteiger partial charge in [0.1, 0.15) is 0 Å². The summed E-state index contributed by atoms with van der Waals surface area (Å²) in [5.74, 6) is 0.307. The SMILES string of the molecule is CCC(CCCOc1c(OC)cc(CO)cc1OC)C(=O)O. The second-order valence-corrected chi connectivity index (χ2v) is 4.92. The van der Waals surface area contributed by atoms with Crippen molar-refractivity contribution in [3.8, 4) is 17.2 Å². The highest BCUT2D eigenvalue weighted by molar-refractivity contribution is 5.69. The lowest BCUT2D eigenvalue weighted by Crippen LogP contribution is -2.14. The van der Waals surface area contributed by atoms with E-state index < -0.39 is 5.97 Å². The molecule has 0 saturated heterocycles. The van der Waals surface area contributed by atoms with Crippen molar-refractivity contribution in [3.63, 3.8) is 0 Å². The third kappa shape index (κ3) is 4.80. The molecule has 0 heterocycles. The highest BCUT2D eigenvalue weighted by Crippen LogP contribution is 2.38. The topological polar surface area (TPSA) is 85.2 Å². The van der Waals surface area contributed by atoms with Crippen molar-refractivity contribution in [2.75, 3.05) is 20.8 Å². The molecule has 0 saturated carbocycles. The molecule has 1 rings (SSSR count). The Morgan fingerprint density at radius 2 is 1.82 bits per heavy atom. The number of rotatable bonds is 10. The molecule has 0 radical (unpaired) electrons. The minimum Gasteiger partial charge on any atom is -0.493 e. The fraction of sp³-hybridized carbons (Fsp3) is 0.562. The van der Waals surface area contributed by atoms with Gasteiger partial charge in [0.05, 0.1) is 33.4 Å². The van der Waals surface area contributed by atoms with Gasteiger partial charge in [0.15, 0.2) is 11.5 Å². The average molecular weight is 312 g/mol. The Morgan fingerprint density at radius 3 is 2.23 bits per heavy atom. The maximum atomic E-state index is 11.0. The molecule has 0 aromatic heterocycles. The molecular weight excluding hydrogens is 288 g/mol. The third-order valence-electron chi connectivity index (χ3n) is 3.49. The minimum absolute atomic E-state index is 0.121. The molecule has 22 heavy (non-hydrogen) atoms. The van der Waals surface area contributed by atoms with Gasteiger partial charge in [0.25, 0.3) is 0 Å². The fourth-order valence-electron chi connectivity index (χ4n) is 2.17. The summed E-state index contributed by atoms with van der Waals surface area (Å²) in [5, 5.41) is 18.2. The standard InChI is InChI=1S/C16H24O6/c1-4-12(16(18)19)6-5-7-22-15-13(20-2)8-11(10-17)9-14(15)21-3/h8-9,12,17H,4-7,10H2,1-3H3,(H,18,19). The van der Waals surface area contributed by atoms with Crippen molar-refractivity contribution in [2.45, 2.75) is 32.8 Å². The van der Waals surface area contributed by atoms with Gasteiger partial charge in [-0.3, -0.25) is 4.79 Å². The molecule has 0 amide bonds. The van der Waals surface area contributed by atoms with Crippen LogP contribution in [0.15, 0.2) is 12.1 Å². The normalized spacial score (nSPS) is 11.8. The molecule has 1 atom stereocenters. The van der Waals surface area contributed by atoms with Crippen LogP contribution in [0.1, 0.15) is 31.7 Å². The molecule has 0 bridgehead atoms. The molecule has 6 heteroatoms. The number of aliphatic carboxylic acids is 1. The van der Waals surface area contributed by atoms with Crippen LogP contribution in [0.5, 0.6) is 17.2 Å². The molecule has 0 aliphatic heterocycles. The molecule has 0 fully saturated rings. The summed E-state index contributed by atoms with van der Waals surface area (Å²) in [6.45, 7) is 2.11. The number of hydrogen-bond donors (Lipinski definition) is 2. The van der Waals surface area contributed by atoms with Crippen LogP contribution in [-0.2, 0) is 11.4 Å². The summed E-state index contributed by atoms with van der Waals surface area (Å²) in [6, 6.07) is 3.37. The van der Waals surface area contributed by atoms with Crippen LogP contribution in [0.25, 0.3) is 0 Å². The molecule has 1 unspecified atom stereocenters. The van der Waals surface area contributed by atoms with E-state index in [-0.39, 0.29) is 12.5 Å². The summed E-state index contributed by atoms with van der Waals surface area (Å²) >= 11 is 0. The second kappa shape index (κ2) is 9.15. The van der Waals surface area contributed by atoms with Gasteiger partial charge in [-0.25, -0.2) is 0 Å². The van der Waals surface area contributed by atoms with Gasteiger partial charge in [-0.15, -0.1) is 0 Å². The van der Waals surface area contributed by atoms with Crippen molar-refractivity contribution < 1.29 is 29.2 Å². The maximum Gasteiger partial charge on any atom is 0.306 e. The molecule has 1 aromatic rings. The Kier molecular flexibility index (Phi) is 7.52. The number of carboxylic acids is 1. The Hall–Kier alpha value is -1.95. The number of benzene rings is 1. The van der Waals surface area contributed by atoms with E-state index >= 15 is 0 Å². The van der Waals surface area contributed by atoms with Gasteiger partial charge in [-0.1, -0.05) is 6.92 Å². The fourth-order valence-corrected chi connectivity index (χ4v) is 2.17. The quantitative estimate of drug-likeness (QED) is 0.646. The van der Waals surface area contributed by atoms with E-state index in [2.05, 4.69) is 0 Å². The molecule has 2 N–H and O–H groups in total. The van der Waals surface area contributed by atoms with Crippen molar-refractivity contribution in [2.24, 2.45) is 5.92 Å². The van der Waals surface area contributed by atoms with E-state index in [1.807, 2.05) is 6.92 Å². The number of methoxy groups -OCH3 is 2. The third-order valence-corrected chi connectivity index (χ3v) is 3.49. The van der Waals surface area contributed by atoms with Gasteiger partial charge in [-0.05, 0) is 37.0 Å². The van der Waals surface area contributed by atoms with E-state index in [0.29, 0.717) is 48.7 Å². The lowest BCUT2D eigenvalue weighted by molar-refractivity contribution is -0.142. The highest BCUT2D eigenvalue weighted by atomic mass is 16.5. The molecule has 0 spiro atoms. The van der Waals surface area contributed by atoms with Crippen molar-refractivity contribution in [1.29, 1.82) is 0 Å². The van der Waals surface area contributed by atoms with Gasteiger partial charge < -0.3 is 24.4 Å². The first-order chi connectivity index (χ1) is 10.6. The van der Waals surface area contributed by atoms with E-state index in [1.54, 1.807) is 12.1 Å². The first-order valence-corrected chi connectivity index (χ1v) is 7.28. The van der Waals surface area contributed by atoms with Crippen LogP contribution < -0.4 is 14.2 Å². The monoisotopic (exact) mass is 312 g/mol.